The van der Waals surface area contributed by atoms with E-state index in [1.165, 1.54) is 0 Å². The smallest absolute Gasteiger partial charge is 0.214 e. The largest absolute Gasteiger partial charge is 0.310 e. The number of carbonyl (C=O) groups excluding carboxylic acids is 2. The highest BCUT2D eigenvalue weighted by atomic mass is 32.2. The standard InChI is InChI=1S/C34H46N4O3S/c1-29(2)9-13-34(37-15-16-42(6,41)38-21-36)14-10-32(5)27(23(34)19-29)24(39)17-26-30(3)18-22(20-35)28(40)33(11-12-33)25(30)7-8-31(26,32)4/h17-18,23,25,27,37H,7-16,19H2,1-6H3/t23-,25+,27-,30-,31+,32+,34-,42?/m0/s1. The monoisotopic (exact) mass is 590 g/mol. The molecule has 7 nitrogen and oxygen atoms in total. The van der Waals surface area contributed by atoms with Crippen molar-refractivity contribution < 1.29 is 13.8 Å². The molecule has 0 saturated heterocycles. The van der Waals surface area contributed by atoms with Crippen molar-refractivity contribution in [2.45, 2.75) is 97.9 Å². The molecule has 0 aromatic rings. The summed E-state index contributed by atoms with van der Waals surface area (Å²) in [4.78, 5) is 28.0. The van der Waals surface area contributed by atoms with Gasteiger partial charge in [-0.15, -0.1) is 4.36 Å². The predicted octanol–water partition coefficient (Wildman–Crippen LogP) is 5.88. The van der Waals surface area contributed by atoms with Crippen molar-refractivity contribution in [1.29, 1.82) is 10.5 Å². The van der Waals surface area contributed by atoms with Crippen LogP contribution >= 0.6 is 0 Å². The summed E-state index contributed by atoms with van der Waals surface area (Å²) in [6.07, 6.45) is 15.6. The van der Waals surface area contributed by atoms with Crippen LogP contribution in [0.4, 0.5) is 0 Å². The van der Waals surface area contributed by atoms with Gasteiger partial charge >= 0.3 is 0 Å². The predicted molar refractivity (Wildman–Crippen MR) is 162 cm³/mol. The highest BCUT2D eigenvalue weighted by molar-refractivity contribution is 7.93. The summed E-state index contributed by atoms with van der Waals surface area (Å²) in [7, 11) is -2.58. The molecule has 0 aromatic heterocycles. The molecule has 0 heterocycles. The van der Waals surface area contributed by atoms with Gasteiger partial charge in [-0.1, -0.05) is 46.3 Å². The van der Waals surface area contributed by atoms with Crippen LogP contribution in [0.15, 0.2) is 27.7 Å². The Kier molecular flexibility index (Phi) is 6.46. The average Bonchev–Trinajstić information content (AvgIpc) is 3.69. The first-order chi connectivity index (χ1) is 19.5. The van der Waals surface area contributed by atoms with Crippen LogP contribution in [0.5, 0.6) is 0 Å². The molecule has 4 saturated carbocycles. The molecule has 1 spiro atoms. The van der Waals surface area contributed by atoms with Gasteiger partial charge in [0, 0.05) is 40.8 Å². The van der Waals surface area contributed by atoms with Crippen LogP contribution in [0.2, 0.25) is 0 Å². The Balaban J connectivity index is 1.42. The van der Waals surface area contributed by atoms with Crippen molar-refractivity contribution in [3.05, 3.63) is 23.3 Å². The molecule has 226 valence electrons. The minimum absolute atomic E-state index is 0.0273. The molecule has 1 N–H and O–H groups in total. The Morgan fingerprint density at radius 2 is 1.71 bits per heavy atom. The van der Waals surface area contributed by atoms with E-state index >= 15 is 0 Å². The van der Waals surface area contributed by atoms with Gasteiger partial charge in [0.1, 0.15) is 6.07 Å². The highest BCUT2D eigenvalue weighted by Gasteiger charge is 2.72. The Morgan fingerprint density at radius 1 is 1.02 bits per heavy atom. The van der Waals surface area contributed by atoms with E-state index in [4.69, 9.17) is 5.26 Å². The Bertz CT molecular complexity index is 1530. The van der Waals surface area contributed by atoms with E-state index in [-0.39, 0.29) is 56.7 Å². The molecule has 0 bridgehead atoms. The summed E-state index contributed by atoms with van der Waals surface area (Å²) in [6.45, 7) is 12.1. The topological polar surface area (TPSA) is 123 Å². The lowest BCUT2D eigenvalue weighted by Crippen LogP contribution is -2.69. The Labute approximate surface area is 251 Å². The van der Waals surface area contributed by atoms with Crippen LogP contribution in [0.1, 0.15) is 92.4 Å². The SMILES string of the molecule is CC1(C)CC[C@]2(NCCS(C)(=O)=NC#N)CC[C@]3(C)[C@H](C(=O)C=C4[C@@]5(C)C=C(C#N)C(=O)C6(CC6)[C@@H]5CC[C@]43C)[C@@H]2C1. The van der Waals surface area contributed by atoms with E-state index in [0.29, 0.717) is 12.3 Å². The van der Waals surface area contributed by atoms with Gasteiger partial charge in [-0.2, -0.15) is 10.5 Å². The van der Waals surface area contributed by atoms with Gasteiger partial charge < -0.3 is 5.32 Å². The highest BCUT2D eigenvalue weighted by Crippen LogP contribution is 2.76. The van der Waals surface area contributed by atoms with E-state index in [9.17, 15) is 19.1 Å². The Hall–Kier alpha value is -2.29. The fourth-order valence-electron chi connectivity index (χ4n) is 10.9. The maximum absolute atomic E-state index is 14.6. The van der Waals surface area contributed by atoms with Crippen LogP contribution in [-0.4, -0.2) is 39.9 Å². The number of rotatable bonds is 4. The van der Waals surface area contributed by atoms with Gasteiger partial charge in [0.05, 0.1) is 15.3 Å². The molecule has 0 radical (unpaired) electrons. The second kappa shape index (κ2) is 9.12. The minimum atomic E-state index is -2.58. The minimum Gasteiger partial charge on any atom is -0.310 e. The number of nitriles is 2. The van der Waals surface area contributed by atoms with Crippen molar-refractivity contribution in [3.63, 3.8) is 0 Å². The lowest BCUT2D eigenvalue weighted by molar-refractivity contribution is -0.160. The molecule has 0 amide bonds. The fourth-order valence-corrected chi connectivity index (χ4v) is 11.7. The number of nitrogens with one attached hydrogen (secondary N) is 1. The van der Waals surface area contributed by atoms with E-state index in [1.807, 2.05) is 12.2 Å². The number of allylic oxidation sites excluding steroid dienone is 4. The van der Waals surface area contributed by atoms with E-state index in [1.54, 1.807) is 12.4 Å². The molecule has 6 aliphatic carbocycles. The number of carbonyl (C=O) groups is 2. The van der Waals surface area contributed by atoms with Crippen LogP contribution in [0.25, 0.3) is 0 Å². The van der Waals surface area contributed by atoms with Gasteiger partial charge in [0.2, 0.25) is 6.19 Å². The molecule has 4 fully saturated rings. The normalized spacial score (nSPS) is 44.0. The summed E-state index contributed by atoms with van der Waals surface area (Å²) < 4.78 is 16.4. The summed E-state index contributed by atoms with van der Waals surface area (Å²) in [5.41, 5.74) is -0.0373. The van der Waals surface area contributed by atoms with Crippen LogP contribution in [-0.2, 0) is 19.3 Å². The maximum Gasteiger partial charge on any atom is 0.214 e. The molecule has 8 atom stereocenters. The number of nitrogens with zero attached hydrogens (tertiary/aromatic N) is 3. The molecule has 8 heteroatoms. The zero-order chi connectivity index (χ0) is 30.6. The second-order valence-corrected chi connectivity index (χ2v) is 18.6. The van der Waals surface area contributed by atoms with E-state index < -0.39 is 20.6 Å². The Morgan fingerprint density at radius 3 is 2.36 bits per heavy atom. The van der Waals surface area contributed by atoms with Gasteiger partial charge in [0.25, 0.3) is 0 Å². The first-order valence-electron chi connectivity index (χ1n) is 15.8. The zero-order valence-corrected chi connectivity index (χ0v) is 27.0. The molecule has 42 heavy (non-hydrogen) atoms. The van der Waals surface area contributed by atoms with Crippen molar-refractivity contribution in [1.82, 2.24) is 5.32 Å². The molecule has 0 aliphatic heterocycles. The van der Waals surface area contributed by atoms with Crippen molar-refractivity contribution in [2.75, 3.05) is 18.6 Å². The van der Waals surface area contributed by atoms with Crippen molar-refractivity contribution in [3.8, 4) is 12.3 Å². The second-order valence-electron chi connectivity index (χ2n) is 16.1. The number of fused-ring (bicyclic) bond motifs is 8. The van der Waals surface area contributed by atoms with Crippen LogP contribution in [0, 0.1) is 67.6 Å². The van der Waals surface area contributed by atoms with Crippen LogP contribution in [0.3, 0.4) is 0 Å². The molecular weight excluding hydrogens is 544 g/mol. The van der Waals surface area contributed by atoms with Gasteiger partial charge in [-0.05, 0) is 91.9 Å². The number of hydrogen-bond donors (Lipinski definition) is 1. The van der Waals surface area contributed by atoms with E-state index in [0.717, 1.165) is 63.4 Å². The third-order valence-corrected chi connectivity index (χ3v) is 14.9. The third-order valence-electron chi connectivity index (χ3n) is 13.5. The van der Waals surface area contributed by atoms with Crippen LogP contribution < -0.4 is 5.32 Å². The number of Topliss-reactive ketones (excluding diaryl/α,β-unsaturated/α-hetero) is 1. The third kappa shape index (κ3) is 3.93. The average molecular weight is 591 g/mol. The van der Waals surface area contributed by atoms with Gasteiger partial charge in [-0.3, -0.25) is 9.59 Å². The molecule has 0 aromatic carbocycles. The van der Waals surface area contributed by atoms with Crippen molar-refractivity contribution in [2.24, 2.45) is 49.2 Å². The molecule has 6 rings (SSSR count). The van der Waals surface area contributed by atoms with E-state index in [2.05, 4.69) is 50.4 Å². The number of hydrogen-bond acceptors (Lipinski definition) is 7. The van der Waals surface area contributed by atoms with Crippen molar-refractivity contribution >= 4 is 21.3 Å². The molecular formula is C34H46N4O3S. The maximum atomic E-state index is 14.6. The molecule has 1 unspecified atom stereocenters. The summed E-state index contributed by atoms with van der Waals surface area (Å²) in [5, 5.41) is 22.8. The molecule has 6 aliphatic rings. The summed E-state index contributed by atoms with van der Waals surface area (Å²) >= 11 is 0. The first kappa shape index (κ1) is 29.8. The first-order valence-corrected chi connectivity index (χ1v) is 17.9. The summed E-state index contributed by atoms with van der Waals surface area (Å²) in [6, 6.07) is 2.23. The van der Waals surface area contributed by atoms with Gasteiger partial charge in [-0.25, -0.2) is 4.21 Å². The lowest BCUT2D eigenvalue weighted by atomic mass is 9.35. The zero-order valence-electron chi connectivity index (χ0n) is 26.1. The fraction of sp³-hybridized carbons (Fsp3) is 0.765. The summed E-state index contributed by atoms with van der Waals surface area (Å²) in [5.74, 6) is 0.682. The quantitative estimate of drug-likeness (QED) is 0.408. The number of ketones is 2. The van der Waals surface area contributed by atoms with Gasteiger partial charge in [0.15, 0.2) is 11.6 Å². The lowest BCUT2D eigenvalue weighted by Gasteiger charge is -2.69.